The lowest BCUT2D eigenvalue weighted by Crippen LogP contribution is -2.37. The highest BCUT2D eigenvalue weighted by atomic mass is 31.2. The van der Waals surface area contributed by atoms with Crippen LogP contribution in [0.4, 0.5) is 0 Å². The normalized spacial score (nSPS) is 56.2. The van der Waals surface area contributed by atoms with Gasteiger partial charge in [-0.05, 0) is 26.7 Å². The van der Waals surface area contributed by atoms with Gasteiger partial charge in [0.25, 0.3) is 0 Å². The number of fused-ring (bicyclic) bond motifs is 4. The third-order valence-electron chi connectivity index (χ3n) is 6.64. The molecule has 0 N–H and O–H groups in total. The summed E-state index contributed by atoms with van der Waals surface area (Å²) in [4.78, 5) is 0. The molecule has 4 bridgehead atoms. The Hall–Kier alpha value is 0.360. The molecule has 0 aromatic heterocycles. The van der Waals surface area contributed by atoms with Gasteiger partial charge in [0, 0.05) is 25.2 Å². The Morgan fingerprint density at radius 2 is 1.54 bits per heavy atom. The predicted octanol–water partition coefficient (Wildman–Crippen LogP) is 4.11. The van der Waals surface area contributed by atoms with E-state index in [-0.39, 0.29) is 42.2 Å². The van der Waals surface area contributed by atoms with E-state index in [1.54, 1.807) is 0 Å². The molecule has 3 fully saturated rings. The Morgan fingerprint density at radius 1 is 0.893 bits per heavy atom. The monoisotopic (exact) mass is 436 g/mol. The smallest absolute Gasteiger partial charge is 0.115 e. The summed E-state index contributed by atoms with van der Waals surface area (Å²) in [6.45, 7) is 16.0. The van der Waals surface area contributed by atoms with Crippen LogP contribution < -0.4 is 0 Å². The molecule has 28 heavy (non-hydrogen) atoms. The van der Waals surface area contributed by atoms with Crippen molar-refractivity contribution in [1.82, 2.24) is 0 Å². The molecule has 10 atom stereocenters. The SMILES string of the molecule is C=P1(C)OCC2[C@H](C)O[C@](C)(COP(=C)(C)O[C@@H]3[C@H](C)[C@@H](CO1)O[C@H]3C)[C@H]2C. The first kappa shape index (κ1) is 23.0. The molecule has 0 saturated carbocycles. The van der Waals surface area contributed by atoms with Crippen LogP contribution in [0.15, 0.2) is 0 Å². The maximum Gasteiger partial charge on any atom is 0.115 e. The molecule has 0 radical (unpaired) electrons. The zero-order valence-electron chi connectivity index (χ0n) is 18.4. The highest BCUT2D eigenvalue weighted by Crippen LogP contribution is 2.53. The summed E-state index contributed by atoms with van der Waals surface area (Å²) in [7, 11) is -4.48. The van der Waals surface area contributed by atoms with E-state index in [9.17, 15) is 0 Å². The van der Waals surface area contributed by atoms with E-state index >= 15 is 0 Å². The lowest BCUT2D eigenvalue weighted by molar-refractivity contribution is -0.0662. The summed E-state index contributed by atoms with van der Waals surface area (Å²) in [6, 6.07) is 0. The fraction of sp³-hybridized carbons (Fsp3) is 0.900. The van der Waals surface area contributed by atoms with Gasteiger partial charge in [-0.2, -0.15) is 0 Å². The molecule has 164 valence electrons. The van der Waals surface area contributed by atoms with Crippen LogP contribution >= 0.6 is 14.7 Å². The predicted molar refractivity (Wildman–Crippen MR) is 118 cm³/mol. The molecule has 0 spiro atoms. The third kappa shape index (κ3) is 4.81. The van der Waals surface area contributed by atoms with Gasteiger partial charge in [0.2, 0.25) is 0 Å². The van der Waals surface area contributed by atoms with E-state index in [1.807, 2.05) is 20.3 Å². The van der Waals surface area contributed by atoms with Crippen molar-refractivity contribution in [2.45, 2.75) is 64.6 Å². The second-order valence-corrected chi connectivity index (χ2v) is 14.3. The maximum absolute atomic E-state index is 6.40. The van der Waals surface area contributed by atoms with Gasteiger partial charge in [0.05, 0.1) is 49.8 Å². The fourth-order valence-electron chi connectivity index (χ4n) is 4.48. The van der Waals surface area contributed by atoms with Gasteiger partial charge in [-0.3, -0.25) is 0 Å². The van der Waals surface area contributed by atoms with Crippen molar-refractivity contribution in [2.24, 2.45) is 17.8 Å². The topological polar surface area (TPSA) is 55.4 Å². The summed E-state index contributed by atoms with van der Waals surface area (Å²) in [5.41, 5.74) is -0.404. The second kappa shape index (κ2) is 8.13. The molecule has 0 aliphatic carbocycles. The summed E-state index contributed by atoms with van der Waals surface area (Å²) < 4.78 is 37.5. The maximum atomic E-state index is 6.40. The van der Waals surface area contributed by atoms with Crippen LogP contribution in [0.25, 0.3) is 0 Å². The fourth-order valence-corrected chi connectivity index (χ4v) is 6.97. The largest absolute Gasteiger partial charge is 0.370 e. The van der Waals surface area contributed by atoms with Crippen molar-refractivity contribution in [3.05, 3.63) is 0 Å². The number of hydrogen-bond donors (Lipinski definition) is 0. The van der Waals surface area contributed by atoms with Crippen molar-refractivity contribution in [1.29, 1.82) is 0 Å². The van der Waals surface area contributed by atoms with Crippen molar-refractivity contribution < 1.29 is 27.6 Å². The quantitative estimate of drug-likeness (QED) is 0.533. The van der Waals surface area contributed by atoms with Crippen molar-refractivity contribution in [3.8, 4) is 0 Å². The Kier molecular flexibility index (Phi) is 6.69. The Balaban J connectivity index is 1.86. The molecule has 3 rings (SSSR count). The molecule has 3 unspecified atom stereocenters. The van der Waals surface area contributed by atoms with E-state index in [2.05, 4.69) is 40.3 Å². The highest BCUT2D eigenvalue weighted by molar-refractivity contribution is 7.64. The minimum Gasteiger partial charge on any atom is -0.370 e. The lowest BCUT2D eigenvalue weighted by atomic mass is 9.83. The second-order valence-electron chi connectivity index (χ2n) is 9.29. The van der Waals surface area contributed by atoms with Crippen molar-refractivity contribution in [3.63, 3.8) is 0 Å². The molecule has 0 aromatic carbocycles. The van der Waals surface area contributed by atoms with Gasteiger partial charge < -0.3 is 27.6 Å². The molecule has 0 amide bonds. The Labute approximate surface area is 170 Å². The molecule has 6 nitrogen and oxygen atoms in total. The number of hydrogen-bond acceptors (Lipinski definition) is 6. The zero-order valence-corrected chi connectivity index (χ0v) is 20.2. The number of ether oxygens (including phenoxy) is 2. The lowest BCUT2D eigenvalue weighted by Gasteiger charge is -2.34. The molecule has 3 saturated heterocycles. The van der Waals surface area contributed by atoms with Gasteiger partial charge in [-0.1, -0.05) is 26.4 Å². The van der Waals surface area contributed by atoms with E-state index < -0.39 is 20.3 Å². The van der Waals surface area contributed by atoms with Gasteiger partial charge in [-0.25, -0.2) is 0 Å². The highest BCUT2D eigenvalue weighted by Gasteiger charge is 2.49. The first-order chi connectivity index (χ1) is 12.8. The molecular weight excluding hydrogens is 398 g/mol. The van der Waals surface area contributed by atoms with E-state index in [0.29, 0.717) is 19.8 Å². The van der Waals surface area contributed by atoms with E-state index in [4.69, 9.17) is 27.6 Å². The standard InChI is InChI=1S/C20H38O6P2/c1-13-18-11-22-27(6,7)21-10-17-14(2)20(5,25-15(17)3)12-23-28(8,9)26-19(13)16(4)24-18/h13-19H,6,8,10-12H2,1-5,7,9H3/t13-,14+,15+,16+,17?,18-,19-,20-,27?,28?/m1/s1. The minimum absolute atomic E-state index is 0.0434. The van der Waals surface area contributed by atoms with Crippen LogP contribution in [0.2, 0.25) is 0 Å². The molecule has 8 heteroatoms. The van der Waals surface area contributed by atoms with Crippen molar-refractivity contribution >= 4 is 27.3 Å². The first-order valence-electron chi connectivity index (χ1n) is 10.2. The van der Waals surface area contributed by atoms with Crippen LogP contribution in [-0.2, 0) is 27.6 Å². The number of rotatable bonds is 0. The van der Waals surface area contributed by atoms with Crippen molar-refractivity contribution in [2.75, 3.05) is 33.2 Å². The third-order valence-corrected chi connectivity index (χ3v) is 9.40. The van der Waals surface area contributed by atoms with Gasteiger partial charge in [-0.15, -0.1) is 0 Å². The van der Waals surface area contributed by atoms with Gasteiger partial charge >= 0.3 is 0 Å². The summed E-state index contributed by atoms with van der Waals surface area (Å²) in [5, 5.41) is 0. The summed E-state index contributed by atoms with van der Waals surface area (Å²) in [6.07, 6.45) is 8.41. The van der Waals surface area contributed by atoms with Crippen LogP contribution in [0.5, 0.6) is 0 Å². The Bertz CT molecular complexity index is 669. The van der Waals surface area contributed by atoms with Crippen LogP contribution in [0, 0.1) is 17.8 Å². The average molecular weight is 436 g/mol. The molecule has 0 aromatic rings. The molecule has 3 heterocycles. The van der Waals surface area contributed by atoms with E-state index in [1.165, 1.54) is 0 Å². The summed E-state index contributed by atoms with van der Waals surface area (Å²) in [5.74, 6) is 0.697. The minimum atomic E-state index is -2.28. The van der Waals surface area contributed by atoms with Crippen LogP contribution in [0.3, 0.4) is 0 Å². The molecular formula is C20H38O6P2. The summed E-state index contributed by atoms with van der Waals surface area (Å²) >= 11 is 0. The molecule has 3 aliphatic heterocycles. The van der Waals surface area contributed by atoms with Crippen LogP contribution in [-0.4, -0.2) is 75.8 Å². The zero-order chi connectivity index (χ0) is 20.9. The average Bonchev–Trinajstić information content (AvgIpc) is 2.97. The van der Waals surface area contributed by atoms with E-state index in [0.717, 1.165) is 0 Å². The molecule has 3 aliphatic rings. The van der Waals surface area contributed by atoms with Gasteiger partial charge in [0.1, 0.15) is 14.7 Å². The Morgan fingerprint density at radius 3 is 2.21 bits per heavy atom. The first-order valence-corrected chi connectivity index (χ1v) is 14.7. The van der Waals surface area contributed by atoms with Crippen LogP contribution in [0.1, 0.15) is 34.6 Å². The van der Waals surface area contributed by atoms with Gasteiger partial charge in [0.15, 0.2) is 0 Å².